The summed E-state index contributed by atoms with van der Waals surface area (Å²) in [4.78, 5) is 46.3. The van der Waals surface area contributed by atoms with Crippen molar-refractivity contribution in [3.8, 4) is 0 Å². The third-order valence-electron chi connectivity index (χ3n) is 3.54. The Kier molecular flexibility index (Phi) is 5.79. The van der Waals surface area contributed by atoms with Crippen LogP contribution in [0.25, 0.3) is 0 Å². The van der Waals surface area contributed by atoms with Crippen LogP contribution >= 0.6 is 0 Å². The second-order valence-electron chi connectivity index (χ2n) is 5.50. The standard InChI is InChI=1S/C19H18N2O4/c1-12(22)14-3-5-16(6-4-14)19(25)20-11-18(24)21-17-9-7-15(8-10-17)13(2)23/h3-10H,11H2,1-2H3,(H,20,25)(H,21,24). The molecule has 0 fully saturated rings. The van der Waals surface area contributed by atoms with E-state index in [-0.39, 0.29) is 24.0 Å². The van der Waals surface area contributed by atoms with Crippen LogP contribution in [0, 0.1) is 0 Å². The predicted molar refractivity (Wildman–Crippen MR) is 93.9 cm³/mol. The van der Waals surface area contributed by atoms with Gasteiger partial charge in [-0.15, -0.1) is 0 Å². The molecule has 25 heavy (non-hydrogen) atoms. The zero-order valence-corrected chi connectivity index (χ0v) is 14.0. The average molecular weight is 338 g/mol. The number of ketones is 2. The zero-order valence-electron chi connectivity index (χ0n) is 14.0. The third kappa shape index (κ3) is 5.10. The van der Waals surface area contributed by atoms with E-state index in [0.29, 0.717) is 22.4 Å². The van der Waals surface area contributed by atoms with Crippen LogP contribution in [0.15, 0.2) is 48.5 Å². The molecule has 2 N–H and O–H groups in total. The molecule has 6 heteroatoms. The molecular formula is C19H18N2O4. The van der Waals surface area contributed by atoms with Gasteiger partial charge in [0, 0.05) is 22.4 Å². The molecule has 2 aromatic carbocycles. The molecule has 0 saturated heterocycles. The monoisotopic (exact) mass is 338 g/mol. The summed E-state index contributed by atoms with van der Waals surface area (Å²) >= 11 is 0. The number of benzene rings is 2. The molecule has 0 saturated carbocycles. The summed E-state index contributed by atoms with van der Waals surface area (Å²) in [6.45, 7) is 2.72. The highest BCUT2D eigenvalue weighted by molar-refractivity contribution is 6.01. The zero-order chi connectivity index (χ0) is 18.4. The first-order valence-corrected chi connectivity index (χ1v) is 7.67. The highest BCUT2D eigenvalue weighted by atomic mass is 16.2. The maximum Gasteiger partial charge on any atom is 0.251 e. The first-order valence-electron chi connectivity index (χ1n) is 7.67. The van der Waals surface area contributed by atoms with Gasteiger partial charge in [0.25, 0.3) is 5.91 Å². The van der Waals surface area contributed by atoms with Gasteiger partial charge in [-0.2, -0.15) is 0 Å². The van der Waals surface area contributed by atoms with Gasteiger partial charge in [0.05, 0.1) is 6.54 Å². The molecule has 0 aliphatic heterocycles. The van der Waals surface area contributed by atoms with Crippen molar-refractivity contribution in [2.45, 2.75) is 13.8 Å². The molecule has 128 valence electrons. The van der Waals surface area contributed by atoms with E-state index in [4.69, 9.17) is 0 Å². The van der Waals surface area contributed by atoms with E-state index < -0.39 is 5.91 Å². The van der Waals surface area contributed by atoms with Crippen LogP contribution in [0.4, 0.5) is 5.69 Å². The lowest BCUT2D eigenvalue weighted by Crippen LogP contribution is -2.32. The minimum absolute atomic E-state index is 0.0547. The summed E-state index contributed by atoms with van der Waals surface area (Å²) in [6.07, 6.45) is 0. The fourth-order valence-corrected chi connectivity index (χ4v) is 2.11. The van der Waals surface area contributed by atoms with Crippen LogP contribution in [0.5, 0.6) is 0 Å². The van der Waals surface area contributed by atoms with Crippen LogP contribution in [0.3, 0.4) is 0 Å². The molecule has 2 aromatic rings. The number of anilines is 1. The first-order chi connectivity index (χ1) is 11.9. The Morgan fingerprint density at radius 2 is 1.16 bits per heavy atom. The summed E-state index contributed by atoms with van der Waals surface area (Å²) in [5.74, 6) is -0.926. The number of amides is 2. The van der Waals surface area contributed by atoms with E-state index in [1.54, 1.807) is 36.4 Å². The third-order valence-corrected chi connectivity index (χ3v) is 3.54. The van der Waals surface area contributed by atoms with Gasteiger partial charge in [-0.3, -0.25) is 19.2 Å². The van der Waals surface area contributed by atoms with E-state index in [1.165, 1.54) is 26.0 Å². The smallest absolute Gasteiger partial charge is 0.251 e. The lowest BCUT2D eigenvalue weighted by molar-refractivity contribution is -0.115. The predicted octanol–water partition coefficient (Wildman–Crippen LogP) is 2.46. The quantitative estimate of drug-likeness (QED) is 0.791. The SMILES string of the molecule is CC(=O)c1ccc(NC(=O)CNC(=O)c2ccc(C(C)=O)cc2)cc1. The average Bonchev–Trinajstić information content (AvgIpc) is 2.60. The first kappa shape index (κ1) is 18.1. The van der Waals surface area contributed by atoms with Crippen LogP contribution in [-0.4, -0.2) is 29.9 Å². The number of carbonyl (C=O) groups excluding carboxylic acids is 4. The topological polar surface area (TPSA) is 92.3 Å². The Balaban J connectivity index is 1.87. The van der Waals surface area contributed by atoms with E-state index in [1.807, 2.05) is 0 Å². The lowest BCUT2D eigenvalue weighted by Gasteiger charge is -2.08. The van der Waals surface area contributed by atoms with Crippen molar-refractivity contribution in [3.05, 3.63) is 65.2 Å². The van der Waals surface area contributed by atoms with Crippen LogP contribution < -0.4 is 10.6 Å². The van der Waals surface area contributed by atoms with Gasteiger partial charge < -0.3 is 10.6 Å². The Morgan fingerprint density at radius 3 is 1.64 bits per heavy atom. The molecule has 0 aromatic heterocycles. The number of carbonyl (C=O) groups is 4. The Morgan fingerprint density at radius 1 is 0.720 bits per heavy atom. The second-order valence-corrected chi connectivity index (χ2v) is 5.50. The molecule has 0 atom stereocenters. The lowest BCUT2D eigenvalue weighted by atomic mass is 10.1. The van der Waals surface area contributed by atoms with Gasteiger partial charge >= 0.3 is 0 Å². The minimum Gasteiger partial charge on any atom is -0.343 e. The summed E-state index contributed by atoms with van der Waals surface area (Å²) in [5, 5.41) is 5.14. The number of Topliss-reactive ketones (excluding diaryl/α,β-unsaturated/α-hetero) is 2. The maximum absolute atomic E-state index is 12.0. The van der Waals surface area contributed by atoms with Gasteiger partial charge in [0.1, 0.15) is 0 Å². The summed E-state index contributed by atoms with van der Waals surface area (Å²) in [5.41, 5.74) is 1.97. The van der Waals surface area contributed by atoms with Gasteiger partial charge in [0.2, 0.25) is 5.91 Å². The molecule has 0 bridgehead atoms. The van der Waals surface area contributed by atoms with E-state index in [0.717, 1.165) is 0 Å². The van der Waals surface area contributed by atoms with Crippen molar-refractivity contribution < 1.29 is 19.2 Å². The summed E-state index contributed by atoms with van der Waals surface area (Å²) in [7, 11) is 0. The molecule has 0 spiro atoms. The molecule has 0 unspecified atom stereocenters. The summed E-state index contributed by atoms with van der Waals surface area (Å²) < 4.78 is 0. The molecule has 0 aliphatic carbocycles. The van der Waals surface area contributed by atoms with E-state index in [9.17, 15) is 19.2 Å². The molecule has 0 heterocycles. The van der Waals surface area contributed by atoms with E-state index in [2.05, 4.69) is 10.6 Å². The van der Waals surface area contributed by atoms with Gasteiger partial charge in [-0.1, -0.05) is 12.1 Å². The van der Waals surface area contributed by atoms with Crippen molar-refractivity contribution in [1.29, 1.82) is 0 Å². The molecule has 2 rings (SSSR count). The highest BCUT2D eigenvalue weighted by Crippen LogP contribution is 2.10. The molecule has 0 aliphatic rings. The van der Waals surface area contributed by atoms with Gasteiger partial charge in [-0.05, 0) is 50.2 Å². The van der Waals surface area contributed by atoms with Crippen molar-refractivity contribution >= 4 is 29.1 Å². The summed E-state index contributed by atoms with van der Waals surface area (Å²) in [6, 6.07) is 12.7. The molecular weight excluding hydrogens is 320 g/mol. The van der Waals surface area contributed by atoms with Crippen molar-refractivity contribution in [2.24, 2.45) is 0 Å². The molecule has 0 radical (unpaired) electrons. The van der Waals surface area contributed by atoms with Gasteiger partial charge in [-0.25, -0.2) is 0 Å². The Hall–Kier alpha value is -3.28. The number of rotatable bonds is 6. The van der Waals surface area contributed by atoms with Crippen molar-refractivity contribution in [1.82, 2.24) is 5.32 Å². The Bertz CT molecular complexity index is 808. The fourth-order valence-electron chi connectivity index (χ4n) is 2.11. The molecule has 2 amide bonds. The number of nitrogens with one attached hydrogen (secondary N) is 2. The maximum atomic E-state index is 12.0. The minimum atomic E-state index is -0.405. The van der Waals surface area contributed by atoms with Crippen LogP contribution in [0.1, 0.15) is 44.9 Å². The highest BCUT2D eigenvalue weighted by Gasteiger charge is 2.09. The van der Waals surface area contributed by atoms with Crippen LogP contribution in [-0.2, 0) is 4.79 Å². The van der Waals surface area contributed by atoms with Crippen LogP contribution in [0.2, 0.25) is 0 Å². The fraction of sp³-hybridized carbons (Fsp3) is 0.158. The van der Waals surface area contributed by atoms with Crippen molar-refractivity contribution in [2.75, 3.05) is 11.9 Å². The second kappa shape index (κ2) is 8.01. The van der Waals surface area contributed by atoms with Crippen molar-refractivity contribution in [3.63, 3.8) is 0 Å². The van der Waals surface area contributed by atoms with E-state index >= 15 is 0 Å². The molecule has 6 nitrogen and oxygen atoms in total. The number of hydrogen-bond acceptors (Lipinski definition) is 4. The number of hydrogen-bond donors (Lipinski definition) is 2. The normalized spacial score (nSPS) is 10.0. The van der Waals surface area contributed by atoms with Gasteiger partial charge in [0.15, 0.2) is 11.6 Å². The largest absolute Gasteiger partial charge is 0.343 e. The Labute approximate surface area is 145 Å².